The number of aliphatic imine (C=N–C) groups is 1. The molecule has 3 aromatic rings. The summed E-state index contributed by atoms with van der Waals surface area (Å²) in [4.78, 5) is 38.1. The molecule has 5 rings (SSSR count). The van der Waals surface area contributed by atoms with Crippen LogP contribution < -0.4 is 9.64 Å². The summed E-state index contributed by atoms with van der Waals surface area (Å²) in [7, 11) is 1.55. The quantitative estimate of drug-likeness (QED) is 0.441. The molecule has 9 nitrogen and oxygen atoms in total. The summed E-state index contributed by atoms with van der Waals surface area (Å²) in [6, 6.07) is 15.6. The van der Waals surface area contributed by atoms with Gasteiger partial charge in [-0.1, -0.05) is 53.2 Å². The fraction of sp³-hybridized carbons (Fsp3) is 0.320. The summed E-state index contributed by atoms with van der Waals surface area (Å²) in [6.45, 7) is 3.15. The summed E-state index contributed by atoms with van der Waals surface area (Å²) in [6.07, 6.45) is 0.760. The molecular formula is C25H25ClN6O3. The van der Waals surface area contributed by atoms with E-state index in [9.17, 15) is 9.70 Å². The van der Waals surface area contributed by atoms with Crippen LogP contribution in [0.1, 0.15) is 34.4 Å². The highest BCUT2D eigenvalue weighted by molar-refractivity contribution is 6.32. The Labute approximate surface area is 208 Å². The third-order valence-corrected chi connectivity index (χ3v) is 6.59. The lowest BCUT2D eigenvalue weighted by Gasteiger charge is -2.33. The zero-order chi connectivity index (χ0) is 24.5. The number of aromatic nitrogens is 2. The van der Waals surface area contributed by atoms with Gasteiger partial charge in [-0.2, -0.15) is 4.91 Å². The Balaban J connectivity index is 1.53. The lowest BCUT2D eigenvalue weighted by atomic mass is 10.1. The predicted octanol–water partition coefficient (Wildman–Crippen LogP) is 4.12. The molecule has 0 aliphatic carbocycles. The number of methoxy groups -OCH3 is 1. The normalized spacial score (nSPS) is 16.7. The zero-order valence-corrected chi connectivity index (χ0v) is 20.3. The van der Waals surface area contributed by atoms with Crippen LogP contribution in [0, 0.1) is 4.91 Å². The first-order chi connectivity index (χ1) is 17.0. The van der Waals surface area contributed by atoms with Crippen molar-refractivity contribution in [2.24, 2.45) is 10.2 Å². The summed E-state index contributed by atoms with van der Waals surface area (Å²) in [5.74, 6) is 1.92. The molecule has 0 unspecified atom stereocenters. The van der Waals surface area contributed by atoms with Crippen molar-refractivity contribution in [2.45, 2.75) is 32.5 Å². The lowest BCUT2D eigenvalue weighted by molar-refractivity contribution is 0.0836. The fourth-order valence-corrected chi connectivity index (χ4v) is 4.97. The van der Waals surface area contributed by atoms with Gasteiger partial charge in [0.1, 0.15) is 18.1 Å². The second-order valence-electron chi connectivity index (χ2n) is 8.48. The number of nitrogens with zero attached hydrogens (tertiary/aromatic N) is 6. The number of rotatable bonds is 8. The maximum atomic E-state index is 13.7. The van der Waals surface area contributed by atoms with Crippen LogP contribution in [0.4, 0.5) is 5.82 Å². The van der Waals surface area contributed by atoms with Gasteiger partial charge in [0.2, 0.25) is 5.96 Å². The van der Waals surface area contributed by atoms with Crippen LogP contribution in [-0.2, 0) is 19.5 Å². The molecule has 180 valence electrons. The summed E-state index contributed by atoms with van der Waals surface area (Å²) >= 11 is 6.33. The van der Waals surface area contributed by atoms with Crippen LogP contribution in [0.25, 0.3) is 0 Å². The topological polar surface area (TPSA) is 92.4 Å². The van der Waals surface area contributed by atoms with Gasteiger partial charge >= 0.3 is 0 Å². The zero-order valence-electron chi connectivity index (χ0n) is 19.5. The van der Waals surface area contributed by atoms with E-state index in [1.54, 1.807) is 28.7 Å². The molecule has 0 N–H and O–H groups in total. The van der Waals surface area contributed by atoms with Gasteiger partial charge in [-0.05, 0) is 36.6 Å². The molecule has 0 radical (unpaired) electrons. The number of anilines is 1. The number of benzene rings is 2. The first-order valence-electron chi connectivity index (χ1n) is 11.5. The van der Waals surface area contributed by atoms with Crippen molar-refractivity contribution < 1.29 is 9.53 Å². The fourth-order valence-electron chi connectivity index (χ4n) is 4.69. The van der Waals surface area contributed by atoms with Crippen molar-refractivity contribution in [1.29, 1.82) is 0 Å². The number of hydrogen-bond acceptors (Lipinski definition) is 7. The van der Waals surface area contributed by atoms with E-state index in [0.29, 0.717) is 53.7 Å². The largest absolute Gasteiger partial charge is 0.495 e. The highest BCUT2D eigenvalue weighted by Gasteiger charge is 2.43. The minimum Gasteiger partial charge on any atom is -0.495 e. The number of hydrogen-bond donors (Lipinski definition) is 0. The average molecular weight is 493 g/mol. The van der Waals surface area contributed by atoms with E-state index in [2.05, 4.69) is 17.3 Å². The molecule has 0 fully saturated rings. The van der Waals surface area contributed by atoms with Crippen LogP contribution in [0.15, 0.2) is 58.7 Å². The molecular weight excluding hydrogens is 468 g/mol. The van der Waals surface area contributed by atoms with Crippen molar-refractivity contribution in [2.75, 3.05) is 25.1 Å². The Morgan fingerprint density at radius 3 is 2.66 bits per heavy atom. The Morgan fingerprint density at radius 2 is 1.97 bits per heavy atom. The molecule has 3 heterocycles. The number of guanidine groups is 1. The van der Waals surface area contributed by atoms with Gasteiger partial charge in [0.05, 0.1) is 24.7 Å². The highest BCUT2D eigenvalue weighted by atomic mass is 35.5. The van der Waals surface area contributed by atoms with Gasteiger partial charge in [0.25, 0.3) is 5.91 Å². The van der Waals surface area contributed by atoms with Crippen molar-refractivity contribution >= 4 is 29.3 Å². The molecule has 0 bridgehead atoms. The maximum Gasteiger partial charge on any atom is 0.281 e. The van der Waals surface area contributed by atoms with E-state index in [-0.39, 0.29) is 18.5 Å². The Kier molecular flexibility index (Phi) is 6.25. The van der Waals surface area contributed by atoms with E-state index in [0.717, 1.165) is 12.0 Å². The summed E-state index contributed by atoms with van der Waals surface area (Å²) < 4.78 is 7.01. The minimum atomic E-state index is -0.192. The Bertz CT molecular complexity index is 1310. The molecule has 1 amide bonds. The second-order valence-corrected chi connectivity index (χ2v) is 8.88. The van der Waals surface area contributed by atoms with E-state index < -0.39 is 0 Å². The van der Waals surface area contributed by atoms with Gasteiger partial charge in [-0.15, -0.1) is 0 Å². The van der Waals surface area contributed by atoms with Crippen molar-refractivity contribution in [3.05, 3.63) is 81.1 Å². The van der Waals surface area contributed by atoms with E-state index in [4.69, 9.17) is 26.3 Å². The van der Waals surface area contributed by atoms with Crippen LogP contribution in [0.2, 0.25) is 5.02 Å². The standard InChI is InChI=1S/C25H25ClN6O3/c1-3-30-24(33)22-23(32-15-18(28-25(30)32)11-16-7-5-4-6-8-16)29-21(13-27-34)31(22)14-17-9-10-20(35-2)19(26)12-17/h4-10,12,18H,3,11,13-15H2,1-2H3/t18-/m1/s1. The highest BCUT2D eigenvalue weighted by Crippen LogP contribution is 2.34. The van der Waals surface area contributed by atoms with Crippen LogP contribution >= 0.6 is 11.6 Å². The molecule has 0 spiro atoms. The molecule has 0 saturated carbocycles. The van der Waals surface area contributed by atoms with Crippen molar-refractivity contribution in [3.63, 3.8) is 0 Å². The van der Waals surface area contributed by atoms with Crippen LogP contribution in [-0.4, -0.2) is 52.6 Å². The number of fused-ring (bicyclic) bond motifs is 3. The molecule has 2 aromatic carbocycles. The van der Waals surface area contributed by atoms with E-state index >= 15 is 0 Å². The Morgan fingerprint density at radius 1 is 1.17 bits per heavy atom. The van der Waals surface area contributed by atoms with E-state index in [1.165, 1.54) is 5.56 Å². The molecule has 0 saturated heterocycles. The summed E-state index contributed by atoms with van der Waals surface area (Å²) in [5, 5.41) is 3.53. The molecule has 2 aliphatic heterocycles. The molecule has 1 aromatic heterocycles. The number of ether oxygens (including phenoxy) is 1. The smallest absolute Gasteiger partial charge is 0.281 e. The van der Waals surface area contributed by atoms with Gasteiger partial charge in [-0.25, -0.2) is 9.98 Å². The number of nitroso groups, excluding NO2 is 1. The van der Waals surface area contributed by atoms with Gasteiger partial charge in [0, 0.05) is 13.1 Å². The van der Waals surface area contributed by atoms with Crippen molar-refractivity contribution in [1.82, 2.24) is 14.5 Å². The SMILES string of the molecule is CCN1C(=O)c2c(nc(CN=O)n2Cc2ccc(OC)c(Cl)c2)N2C[C@@H](Cc3ccccc3)N=C12. The minimum absolute atomic E-state index is 0.0154. The van der Waals surface area contributed by atoms with Crippen LogP contribution in [0.5, 0.6) is 5.75 Å². The first kappa shape index (κ1) is 23.0. The Hall–Kier alpha value is -3.72. The predicted molar refractivity (Wildman–Crippen MR) is 134 cm³/mol. The van der Waals surface area contributed by atoms with Gasteiger partial charge < -0.3 is 9.30 Å². The third kappa shape index (κ3) is 4.16. The van der Waals surface area contributed by atoms with Gasteiger partial charge in [0.15, 0.2) is 11.5 Å². The molecule has 10 heteroatoms. The third-order valence-electron chi connectivity index (χ3n) is 6.30. The monoisotopic (exact) mass is 492 g/mol. The molecule has 1 atom stereocenters. The first-order valence-corrected chi connectivity index (χ1v) is 11.8. The number of carbonyl (C=O) groups is 1. The van der Waals surface area contributed by atoms with Crippen LogP contribution in [0.3, 0.4) is 0 Å². The maximum absolute atomic E-state index is 13.7. The van der Waals surface area contributed by atoms with E-state index in [1.807, 2.05) is 36.1 Å². The number of amides is 1. The molecule has 2 aliphatic rings. The summed E-state index contributed by atoms with van der Waals surface area (Å²) in [5.41, 5.74) is 2.46. The number of halogens is 1. The number of imidazole rings is 1. The average Bonchev–Trinajstić information content (AvgIpc) is 3.42. The molecule has 35 heavy (non-hydrogen) atoms. The number of carbonyl (C=O) groups excluding carboxylic acids is 1. The lowest BCUT2D eigenvalue weighted by Crippen LogP contribution is -2.50. The second kappa shape index (κ2) is 9.50. The van der Waals surface area contributed by atoms with Gasteiger partial charge in [-0.3, -0.25) is 14.6 Å². The van der Waals surface area contributed by atoms with Crippen molar-refractivity contribution in [3.8, 4) is 5.75 Å².